The summed E-state index contributed by atoms with van der Waals surface area (Å²) in [6.07, 6.45) is 5.50. The van der Waals surface area contributed by atoms with Crippen molar-refractivity contribution < 1.29 is 4.39 Å². The van der Waals surface area contributed by atoms with Crippen molar-refractivity contribution in [2.75, 3.05) is 0 Å². The minimum atomic E-state index is -1.32. The molecule has 0 atom stereocenters. The van der Waals surface area contributed by atoms with Crippen molar-refractivity contribution in [1.82, 2.24) is 0 Å². The highest BCUT2D eigenvalue weighted by molar-refractivity contribution is 5.37. The zero-order valence-electron chi connectivity index (χ0n) is 10.8. The van der Waals surface area contributed by atoms with Gasteiger partial charge in [0.15, 0.2) is 0 Å². The van der Waals surface area contributed by atoms with Crippen LogP contribution in [0.1, 0.15) is 57.1 Å². The van der Waals surface area contributed by atoms with Crippen molar-refractivity contribution in [2.24, 2.45) is 5.73 Å². The molecule has 94 valence electrons. The molecule has 0 heterocycles. The number of nitrogens with two attached hydrogens (primary N) is 1. The van der Waals surface area contributed by atoms with E-state index in [2.05, 4.69) is 0 Å². The fraction of sp³-hybridized carbons (Fsp3) is 0.600. The lowest BCUT2D eigenvalue weighted by Gasteiger charge is -2.37. The number of hydrogen-bond donors (Lipinski definition) is 1. The minimum Gasteiger partial charge on any atom is -0.321 e. The monoisotopic (exact) mass is 235 g/mol. The van der Waals surface area contributed by atoms with Crippen molar-refractivity contribution in [3.8, 4) is 0 Å². The van der Waals surface area contributed by atoms with E-state index in [9.17, 15) is 4.39 Å². The molecule has 1 aliphatic rings. The second-order valence-corrected chi connectivity index (χ2v) is 5.73. The molecule has 0 aliphatic heterocycles. The topological polar surface area (TPSA) is 26.0 Å². The molecule has 0 spiro atoms. The fourth-order valence-corrected chi connectivity index (χ4v) is 2.89. The Morgan fingerprint density at radius 2 is 1.71 bits per heavy atom. The van der Waals surface area contributed by atoms with E-state index in [0.29, 0.717) is 0 Å². The van der Waals surface area contributed by atoms with Gasteiger partial charge >= 0.3 is 0 Å². The molecule has 0 amide bonds. The molecule has 0 unspecified atom stereocenters. The van der Waals surface area contributed by atoms with E-state index in [1.807, 2.05) is 24.3 Å². The Hall–Kier alpha value is -0.890. The van der Waals surface area contributed by atoms with Crippen LogP contribution in [-0.2, 0) is 11.2 Å². The summed E-state index contributed by atoms with van der Waals surface area (Å²) in [7, 11) is 0. The van der Waals surface area contributed by atoms with E-state index in [1.54, 1.807) is 13.8 Å². The predicted molar refractivity (Wildman–Crippen MR) is 69.5 cm³/mol. The quantitative estimate of drug-likeness (QED) is 0.823. The molecule has 1 aromatic carbocycles. The first-order valence-corrected chi connectivity index (χ1v) is 6.51. The smallest absolute Gasteiger partial charge is 0.130 e. The number of benzene rings is 1. The van der Waals surface area contributed by atoms with Gasteiger partial charge in [0.25, 0.3) is 0 Å². The zero-order valence-corrected chi connectivity index (χ0v) is 10.8. The fourth-order valence-electron chi connectivity index (χ4n) is 2.89. The Bertz CT molecular complexity index is 386. The SMILES string of the molecule is CC(C)(F)c1ccccc1C1(N)CCCCC1. The van der Waals surface area contributed by atoms with Gasteiger partial charge in [-0.1, -0.05) is 43.5 Å². The molecule has 0 saturated heterocycles. The number of rotatable bonds is 2. The summed E-state index contributed by atoms with van der Waals surface area (Å²) in [5, 5.41) is 0. The van der Waals surface area contributed by atoms with Crippen molar-refractivity contribution in [1.29, 1.82) is 0 Å². The summed E-state index contributed by atoms with van der Waals surface area (Å²) in [5.41, 5.74) is 6.63. The molecule has 17 heavy (non-hydrogen) atoms. The molecule has 1 saturated carbocycles. The molecule has 0 radical (unpaired) electrons. The highest BCUT2D eigenvalue weighted by Crippen LogP contribution is 2.40. The van der Waals surface area contributed by atoms with Crippen molar-refractivity contribution >= 4 is 0 Å². The minimum absolute atomic E-state index is 0.321. The van der Waals surface area contributed by atoms with Crippen LogP contribution in [0.5, 0.6) is 0 Å². The largest absolute Gasteiger partial charge is 0.321 e. The highest BCUT2D eigenvalue weighted by atomic mass is 19.1. The zero-order chi connectivity index (χ0) is 12.5. The maximum Gasteiger partial charge on any atom is 0.130 e. The molecule has 2 heteroatoms. The van der Waals surface area contributed by atoms with Crippen LogP contribution < -0.4 is 5.73 Å². The highest BCUT2D eigenvalue weighted by Gasteiger charge is 2.34. The molecule has 2 rings (SSSR count). The molecular formula is C15H22FN. The van der Waals surface area contributed by atoms with Gasteiger partial charge in [-0.15, -0.1) is 0 Å². The van der Waals surface area contributed by atoms with E-state index in [1.165, 1.54) is 6.42 Å². The van der Waals surface area contributed by atoms with Gasteiger partial charge in [0.05, 0.1) is 0 Å². The number of hydrogen-bond acceptors (Lipinski definition) is 1. The normalized spacial score (nSPS) is 20.2. The first-order valence-electron chi connectivity index (χ1n) is 6.51. The van der Waals surface area contributed by atoms with Crippen molar-refractivity contribution in [2.45, 2.75) is 57.2 Å². The first-order chi connectivity index (χ1) is 7.93. The van der Waals surface area contributed by atoms with Crippen LogP contribution in [0.2, 0.25) is 0 Å². The van der Waals surface area contributed by atoms with Gasteiger partial charge in [-0.2, -0.15) is 0 Å². The molecule has 1 nitrogen and oxygen atoms in total. The summed E-state index contributed by atoms with van der Waals surface area (Å²) in [4.78, 5) is 0. The lowest BCUT2D eigenvalue weighted by atomic mass is 9.74. The van der Waals surface area contributed by atoms with Crippen LogP contribution in [0.3, 0.4) is 0 Å². The van der Waals surface area contributed by atoms with Gasteiger partial charge in [-0.05, 0) is 37.8 Å². The van der Waals surface area contributed by atoms with Gasteiger partial charge in [0.1, 0.15) is 5.67 Å². The Labute approximate surface area is 103 Å². The van der Waals surface area contributed by atoms with Crippen LogP contribution >= 0.6 is 0 Å². The first kappa shape index (κ1) is 12.6. The summed E-state index contributed by atoms with van der Waals surface area (Å²) < 4.78 is 14.3. The number of alkyl halides is 1. The predicted octanol–water partition coefficient (Wildman–Crippen LogP) is 4.01. The van der Waals surface area contributed by atoms with Crippen molar-refractivity contribution in [3.05, 3.63) is 35.4 Å². The van der Waals surface area contributed by atoms with Crippen LogP contribution in [0, 0.1) is 0 Å². The van der Waals surface area contributed by atoms with Gasteiger partial charge in [-0.25, -0.2) is 4.39 Å². The van der Waals surface area contributed by atoms with Crippen LogP contribution in [-0.4, -0.2) is 0 Å². The van der Waals surface area contributed by atoms with E-state index < -0.39 is 5.67 Å². The van der Waals surface area contributed by atoms with Crippen LogP contribution in [0.25, 0.3) is 0 Å². The maximum absolute atomic E-state index is 14.3. The Morgan fingerprint density at radius 1 is 1.12 bits per heavy atom. The van der Waals surface area contributed by atoms with Crippen LogP contribution in [0.15, 0.2) is 24.3 Å². The summed E-state index contributed by atoms with van der Waals surface area (Å²) in [5.74, 6) is 0. The molecule has 1 aliphatic carbocycles. The van der Waals surface area contributed by atoms with E-state index in [4.69, 9.17) is 5.73 Å². The van der Waals surface area contributed by atoms with E-state index >= 15 is 0 Å². The molecular weight excluding hydrogens is 213 g/mol. The number of halogens is 1. The third kappa shape index (κ3) is 2.52. The summed E-state index contributed by atoms with van der Waals surface area (Å²) in [6.45, 7) is 3.22. The van der Waals surface area contributed by atoms with E-state index in [0.717, 1.165) is 36.8 Å². The molecule has 0 aromatic heterocycles. The average Bonchev–Trinajstić information content (AvgIpc) is 2.29. The standard InChI is InChI=1S/C15H22FN/c1-14(2,16)12-8-4-5-9-13(12)15(17)10-6-3-7-11-15/h4-5,8-9H,3,6-7,10-11,17H2,1-2H3. The average molecular weight is 235 g/mol. The molecule has 0 bridgehead atoms. The third-order valence-corrected chi connectivity index (χ3v) is 3.85. The lowest BCUT2D eigenvalue weighted by molar-refractivity contribution is 0.210. The Morgan fingerprint density at radius 3 is 2.29 bits per heavy atom. The van der Waals surface area contributed by atoms with Gasteiger partial charge in [0, 0.05) is 5.54 Å². The second-order valence-electron chi connectivity index (χ2n) is 5.73. The lowest BCUT2D eigenvalue weighted by Crippen LogP contribution is -2.40. The Kier molecular flexibility index (Phi) is 3.26. The molecule has 2 N–H and O–H groups in total. The van der Waals surface area contributed by atoms with Crippen molar-refractivity contribution in [3.63, 3.8) is 0 Å². The maximum atomic E-state index is 14.3. The van der Waals surface area contributed by atoms with Gasteiger partial charge in [0.2, 0.25) is 0 Å². The van der Waals surface area contributed by atoms with Gasteiger partial charge < -0.3 is 5.73 Å². The van der Waals surface area contributed by atoms with E-state index in [-0.39, 0.29) is 5.54 Å². The molecule has 1 fully saturated rings. The molecule has 1 aromatic rings. The summed E-state index contributed by atoms with van der Waals surface area (Å²) in [6, 6.07) is 7.74. The Balaban J connectivity index is 2.44. The second kappa shape index (κ2) is 4.41. The third-order valence-electron chi connectivity index (χ3n) is 3.85. The van der Waals surface area contributed by atoms with Crippen LogP contribution in [0.4, 0.5) is 4.39 Å². The summed E-state index contributed by atoms with van der Waals surface area (Å²) >= 11 is 0. The van der Waals surface area contributed by atoms with Gasteiger partial charge in [-0.3, -0.25) is 0 Å².